The molecule has 27 heavy (non-hydrogen) atoms. The summed E-state index contributed by atoms with van der Waals surface area (Å²) >= 11 is 0. The van der Waals surface area contributed by atoms with Crippen LogP contribution in [0.2, 0.25) is 0 Å². The summed E-state index contributed by atoms with van der Waals surface area (Å²) in [6.45, 7) is 8.32. The van der Waals surface area contributed by atoms with Crippen molar-refractivity contribution in [2.24, 2.45) is 5.92 Å². The number of piperidine rings is 1. The lowest BCUT2D eigenvalue weighted by Crippen LogP contribution is -2.55. The minimum absolute atomic E-state index is 0.000296. The van der Waals surface area contributed by atoms with Gasteiger partial charge in [0.1, 0.15) is 11.3 Å². The summed E-state index contributed by atoms with van der Waals surface area (Å²) in [5.41, 5.74) is 4.15. The fourth-order valence-corrected chi connectivity index (χ4v) is 4.95. The number of carbonyl (C=O) groups is 1. The third-order valence-electron chi connectivity index (χ3n) is 6.53. The van der Waals surface area contributed by atoms with Crippen LogP contribution in [0.5, 0.6) is 0 Å². The Morgan fingerprint density at radius 1 is 1.15 bits per heavy atom. The number of benzene rings is 1. The Bertz CT molecular complexity index is 779. The van der Waals surface area contributed by atoms with E-state index in [2.05, 4.69) is 19.1 Å². The van der Waals surface area contributed by atoms with Crippen molar-refractivity contribution in [2.45, 2.75) is 52.0 Å². The Morgan fingerprint density at radius 2 is 1.74 bits per heavy atom. The number of hydroxylamine groups is 2. The number of carbonyl (C=O) groups excluding carboxylic acids is 1. The van der Waals surface area contributed by atoms with Gasteiger partial charge in [0.2, 0.25) is 0 Å². The van der Waals surface area contributed by atoms with Gasteiger partial charge >= 0.3 is 0 Å². The smallest absolute Gasteiger partial charge is 0.258 e. The molecule has 2 heterocycles. The average Bonchev–Trinajstić information content (AvgIpc) is 3.43. The predicted molar refractivity (Wildman–Crippen MR) is 105 cm³/mol. The van der Waals surface area contributed by atoms with E-state index in [9.17, 15) is 9.90 Å². The number of hydrogen-bond acceptors (Lipinski definition) is 4. The van der Waals surface area contributed by atoms with E-state index in [1.807, 2.05) is 23.8 Å². The minimum Gasteiger partial charge on any atom is -0.509 e. The van der Waals surface area contributed by atoms with Crippen molar-refractivity contribution in [1.82, 2.24) is 9.96 Å². The molecule has 4 rings (SSSR count). The van der Waals surface area contributed by atoms with Crippen LogP contribution in [0, 0.1) is 26.7 Å². The Morgan fingerprint density at radius 3 is 2.26 bits per heavy atom. The zero-order valence-electron chi connectivity index (χ0n) is 16.8. The Balaban J connectivity index is 1.80. The fraction of sp³-hybridized carbons (Fsp3) is 0.591. The zero-order chi connectivity index (χ0) is 19.3. The van der Waals surface area contributed by atoms with Crippen molar-refractivity contribution in [2.75, 3.05) is 26.7 Å². The first kappa shape index (κ1) is 18.5. The second-order valence-electron chi connectivity index (χ2n) is 8.50. The normalized spacial score (nSPS) is 23.0. The van der Waals surface area contributed by atoms with E-state index in [-0.39, 0.29) is 11.7 Å². The van der Waals surface area contributed by atoms with Crippen molar-refractivity contribution in [1.29, 1.82) is 0 Å². The average molecular weight is 370 g/mol. The standard InChI is InChI=1S/C22H30N2O3/c1-14-11-15(2)18(16(3)12-14)19-20(25)22(7-9-23(27-4)10-8-22)24(21(19)26)13-17-5-6-17/h11-12,17,25H,5-10,13H2,1-4H3. The van der Waals surface area contributed by atoms with E-state index < -0.39 is 5.54 Å². The van der Waals surface area contributed by atoms with Gasteiger partial charge in [-0.25, -0.2) is 0 Å². The Hall–Kier alpha value is -1.85. The van der Waals surface area contributed by atoms with Crippen LogP contribution in [-0.2, 0) is 9.63 Å². The van der Waals surface area contributed by atoms with Crippen molar-refractivity contribution < 1.29 is 14.7 Å². The van der Waals surface area contributed by atoms with Crippen LogP contribution in [0.1, 0.15) is 47.9 Å². The molecule has 1 saturated heterocycles. The number of nitrogens with zero attached hydrogens (tertiary/aromatic N) is 2. The van der Waals surface area contributed by atoms with Crippen molar-refractivity contribution in [3.63, 3.8) is 0 Å². The molecule has 0 unspecified atom stereocenters. The largest absolute Gasteiger partial charge is 0.509 e. The maximum absolute atomic E-state index is 13.6. The predicted octanol–water partition coefficient (Wildman–Crippen LogP) is 3.53. The highest BCUT2D eigenvalue weighted by Gasteiger charge is 2.54. The van der Waals surface area contributed by atoms with E-state index in [4.69, 9.17) is 4.84 Å². The highest BCUT2D eigenvalue weighted by molar-refractivity contribution is 6.23. The molecule has 0 aromatic heterocycles. The summed E-state index contributed by atoms with van der Waals surface area (Å²) in [5.74, 6) is 0.859. The van der Waals surface area contributed by atoms with Crippen LogP contribution >= 0.6 is 0 Å². The summed E-state index contributed by atoms with van der Waals surface area (Å²) in [7, 11) is 1.68. The molecule has 0 bridgehead atoms. The molecule has 1 spiro atoms. The number of rotatable bonds is 4. The SMILES string of the molecule is CON1CCC2(CC1)C(O)=C(c1c(C)cc(C)cc1C)C(=O)N2CC1CC1. The van der Waals surface area contributed by atoms with E-state index in [1.165, 1.54) is 18.4 Å². The van der Waals surface area contributed by atoms with Crippen molar-refractivity contribution in [3.8, 4) is 0 Å². The first-order chi connectivity index (χ1) is 12.9. The van der Waals surface area contributed by atoms with Gasteiger partial charge in [0, 0.05) is 19.6 Å². The topological polar surface area (TPSA) is 53.0 Å². The fourth-order valence-electron chi connectivity index (χ4n) is 4.95. The van der Waals surface area contributed by atoms with Crippen LogP contribution in [0.25, 0.3) is 5.57 Å². The molecule has 2 aliphatic heterocycles. The summed E-state index contributed by atoms with van der Waals surface area (Å²) < 4.78 is 0. The van der Waals surface area contributed by atoms with E-state index >= 15 is 0 Å². The summed E-state index contributed by atoms with van der Waals surface area (Å²) in [4.78, 5) is 20.9. The lowest BCUT2D eigenvalue weighted by Gasteiger charge is -2.44. The van der Waals surface area contributed by atoms with Crippen LogP contribution in [0.3, 0.4) is 0 Å². The maximum Gasteiger partial charge on any atom is 0.258 e. The van der Waals surface area contributed by atoms with Crippen molar-refractivity contribution >= 4 is 11.5 Å². The molecule has 5 nitrogen and oxygen atoms in total. The van der Waals surface area contributed by atoms with Gasteiger partial charge in [-0.3, -0.25) is 4.79 Å². The van der Waals surface area contributed by atoms with Crippen LogP contribution in [0.4, 0.5) is 0 Å². The quantitative estimate of drug-likeness (QED) is 0.881. The van der Waals surface area contributed by atoms with Gasteiger partial charge in [-0.2, -0.15) is 5.06 Å². The molecule has 1 saturated carbocycles. The van der Waals surface area contributed by atoms with Crippen molar-refractivity contribution in [3.05, 3.63) is 40.1 Å². The van der Waals surface area contributed by atoms with Gasteiger partial charge in [-0.05, 0) is 69.1 Å². The highest BCUT2D eigenvalue weighted by atomic mass is 16.7. The van der Waals surface area contributed by atoms with Gasteiger partial charge in [-0.1, -0.05) is 17.7 Å². The summed E-state index contributed by atoms with van der Waals surface area (Å²) in [6, 6.07) is 4.19. The molecule has 1 N–H and O–H groups in total. The number of hydrogen-bond donors (Lipinski definition) is 1. The minimum atomic E-state index is -0.576. The third-order valence-corrected chi connectivity index (χ3v) is 6.53. The Kier molecular flexibility index (Phi) is 4.55. The lowest BCUT2D eigenvalue weighted by molar-refractivity contribution is -0.164. The molecular formula is C22H30N2O3. The van der Waals surface area contributed by atoms with E-state index in [0.717, 1.165) is 23.2 Å². The van der Waals surface area contributed by atoms with Crippen LogP contribution in [-0.4, -0.2) is 53.3 Å². The molecule has 2 fully saturated rings. The molecular weight excluding hydrogens is 340 g/mol. The summed E-state index contributed by atoms with van der Waals surface area (Å²) in [6.07, 6.45) is 3.78. The summed E-state index contributed by atoms with van der Waals surface area (Å²) in [5, 5.41) is 13.3. The first-order valence-electron chi connectivity index (χ1n) is 10.0. The van der Waals surface area contributed by atoms with E-state index in [0.29, 0.717) is 37.4 Å². The third kappa shape index (κ3) is 2.97. The molecule has 1 aromatic carbocycles. The molecule has 0 atom stereocenters. The van der Waals surface area contributed by atoms with Crippen LogP contribution < -0.4 is 0 Å². The lowest BCUT2D eigenvalue weighted by atomic mass is 9.84. The molecule has 5 heteroatoms. The maximum atomic E-state index is 13.6. The molecule has 1 aromatic rings. The van der Waals surface area contributed by atoms with E-state index in [1.54, 1.807) is 7.11 Å². The van der Waals surface area contributed by atoms with Gasteiger partial charge in [0.05, 0.1) is 12.7 Å². The number of aryl methyl sites for hydroxylation is 3. The molecule has 0 radical (unpaired) electrons. The second kappa shape index (κ2) is 6.64. The molecule has 1 aliphatic carbocycles. The first-order valence-corrected chi connectivity index (χ1v) is 10.0. The highest BCUT2D eigenvalue weighted by Crippen LogP contribution is 2.48. The van der Waals surface area contributed by atoms with Crippen LogP contribution in [0.15, 0.2) is 17.9 Å². The number of aliphatic hydroxyl groups excluding tert-OH is 1. The van der Waals surface area contributed by atoms with Gasteiger partial charge < -0.3 is 14.8 Å². The second-order valence-corrected chi connectivity index (χ2v) is 8.50. The van der Waals surface area contributed by atoms with Gasteiger partial charge in [0.25, 0.3) is 5.91 Å². The molecule has 1 amide bonds. The number of amides is 1. The molecule has 146 valence electrons. The number of aliphatic hydroxyl groups is 1. The monoisotopic (exact) mass is 370 g/mol. The van der Waals surface area contributed by atoms with Gasteiger partial charge in [0.15, 0.2) is 0 Å². The molecule has 3 aliphatic rings. The Labute approximate surface area is 161 Å². The zero-order valence-corrected chi connectivity index (χ0v) is 16.8. The van der Waals surface area contributed by atoms with Gasteiger partial charge in [-0.15, -0.1) is 0 Å².